The number of carbonyl (C=O) groups excluding carboxylic acids is 2. The number of thiophene rings is 1. The van der Waals surface area contributed by atoms with Crippen LogP contribution in [0.4, 0.5) is 8.78 Å². The predicted octanol–water partition coefficient (Wildman–Crippen LogP) is 4.86. The van der Waals surface area contributed by atoms with E-state index >= 15 is 0 Å². The quantitative estimate of drug-likeness (QED) is 0.332. The number of allylic oxidation sites excluding steroid dienone is 1. The normalized spacial score (nSPS) is 13.8. The van der Waals surface area contributed by atoms with Crippen LogP contribution < -0.4 is 0 Å². The van der Waals surface area contributed by atoms with Crippen molar-refractivity contribution in [2.45, 2.75) is 0 Å². The molecular weight excluding hydrogens is 477 g/mol. The number of carbonyl (C=O) groups is 2. The van der Waals surface area contributed by atoms with Crippen LogP contribution in [0.25, 0.3) is 6.08 Å². The topological polar surface area (TPSA) is 34.1 Å². The van der Waals surface area contributed by atoms with Crippen molar-refractivity contribution < 1.29 is 18.4 Å². The van der Waals surface area contributed by atoms with E-state index in [-0.39, 0.29) is 16.7 Å². The van der Waals surface area contributed by atoms with Crippen LogP contribution in [0, 0.1) is 14.5 Å². The highest BCUT2D eigenvalue weighted by molar-refractivity contribution is 14.1. The maximum absolute atomic E-state index is 13.2. The van der Waals surface area contributed by atoms with Gasteiger partial charge in [-0.3, -0.25) is 9.59 Å². The van der Waals surface area contributed by atoms with Crippen LogP contribution in [0.5, 0.6) is 0 Å². The second-order valence-corrected chi connectivity index (χ2v) is 8.55. The number of benzene rings is 1. The second kappa shape index (κ2) is 5.36. The van der Waals surface area contributed by atoms with Gasteiger partial charge in [-0.1, -0.05) is 0 Å². The van der Waals surface area contributed by atoms with Gasteiger partial charge in [-0.15, -0.1) is 11.3 Å². The number of hydrogen-bond donors (Lipinski definition) is 0. The largest absolute Gasteiger partial charge is 0.288 e. The Kier molecular flexibility index (Phi) is 3.83. The van der Waals surface area contributed by atoms with Crippen molar-refractivity contribution in [1.82, 2.24) is 0 Å². The molecule has 1 heterocycles. The van der Waals surface area contributed by atoms with E-state index in [1.807, 2.05) is 0 Å². The minimum absolute atomic E-state index is 0.0711. The van der Waals surface area contributed by atoms with Crippen LogP contribution in [0.1, 0.15) is 26.3 Å². The summed E-state index contributed by atoms with van der Waals surface area (Å²) in [6.45, 7) is 0. The van der Waals surface area contributed by atoms with Crippen LogP contribution >= 0.6 is 49.9 Å². The number of fused-ring (bicyclic) bond motifs is 1. The highest BCUT2D eigenvalue weighted by Crippen LogP contribution is 2.34. The monoisotopic (exact) mass is 480 g/mol. The van der Waals surface area contributed by atoms with E-state index in [4.69, 9.17) is 0 Å². The van der Waals surface area contributed by atoms with Crippen molar-refractivity contribution in [3.8, 4) is 0 Å². The van der Waals surface area contributed by atoms with Gasteiger partial charge < -0.3 is 0 Å². The lowest BCUT2D eigenvalue weighted by molar-refractivity contribution is 0.0990. The Hall–Kier alpha value is -0.930. The van der Waals surface area contributed by atoms with E-state index < -0.39 is 23.2 Å². The van der Waals surface area contributed by atoms with Crippen molar-refractivity contribution in [2.75, 3.05) is 0 Å². The summed E-state index contributed by atoms with van der Waals surface area (Å²) in [6, 6.07) is 3.34. The first-order chi connectivity index (χ1) is 9.88. The molecule has 0 atom stereocenters. The van der Waals surface area contributed by atoms with E-state index in [0.717, 1.165) is 24.4 Å². The molecule has 3 rings (SSSR count). The lowest BCUT2D eigenvalue weighted by Crippen LogP contribution is -2.00. The molecule has 0 saturated heterocycles. The molecule has 0 N–H and O–H groups in total. The van der Waals surface area contributed by atoms with Crippen molar-refractivity contribution in [3.63, 3.8) is 0 Å². The van der Waals surface area contributed by atoms with Crippen LogP contribution in [0.15, 0.2) is 27.6 Å². The summed E-state index contributed by atoms with van der Waals surface area (Å²) < 4.78 is 28.2. The van der Waals surface area contributed by atoms with Gasteiger partial charge in [0.05, 0.1) is 12.2 Å². The molecule has 2 nitrogen and oxygen atoms in total. The van der Waals surface area contributed by atoms with E-state index in [1.165, 1.54) is 17.4 Å². The van der Waals surface area contributed by atoms with Gasteiger partial charge in [0.25, 0.3) is 0 Å². The van der Waals surface area contributed by atoms with Gasteiger partial charge in [-0.2, -0.15) is 0 Å². The number of rotatable bonds is 1. The zero-order valence-corrected chi connectivity index (χ0v) is 14.6. The smallest absolute Gasteiger partial charge is 0.197 e. The molecule has 21 heavy (non-hydrogen) atoms. The van der Waals surface area contributed by atoms with Gasteiger partial charge in [0.15, 0.2) is 23.2 Å². The van der Waals surface area contributed by atoms with Gasteiger partial charge in [0, 0.05) is 16.7 Å². The summed E-state index contributed by atoms with van der Waals surface area (Å²) in [5.74, 6) is -3.42. The van der Waals surface area contributed by atoms with E-state index in [1.54, 1.807) is 6.07 Å². The van der Waals surface area contributed by atoms with Crippen LogP contribution in [0.3, 0.4) is 0 Å². The Bertz CT molecular complexity index is 799. The predicted molar refractivity (Wildman–Crippen MR) is 87.7 cm³/mol. The van der Waals surface area contributed by atoms with E-state index in [9.17, 15) is 18.4 Å². The zero-order chi connectivity index (χ0) is 15.3. The minimum Gasteiger partial charge on any atom is -0.288 e. The highest BCUT2D eigenvalue weighted by Gasteiger charge is 2.34. The number of hydrogen-bond acceptors (Lipinski definition) is 3. The Balaban J connectivity index is 2.14. The molecular formula is C14H4BrF2IO2S. The van der Waals surface area contributed by atoms with Crippen LogP contribution in [-0.2, 0) is 0 Å². The fourth-order valence-corrected chi connectivity index (χ4v) is 5.31. The van der Waals surface area contributed by atoms with Gasteiger partial charge in [0.2, 0.25) is 0 Å². The van der Waals surface area contributed by atoms with Crippen LogP contribution in [-0.4, -0.2) is 11.6 Å². The lowest BCUT2D eigenvalue weighted by Gasteiger charge is -1.96. The molecule has 0 fully saturated rings. The summed E-state index contributed by atoms with van der Waals surface area (Å²) in [6.07, 6.45) is 1.46. The van der Waals surface area contributed by atoms with Crippen molar-refractivity contribution >= 4 is 67.5 Å². The first kappa shape index (κ1) is 15.0. The summed E-state index contributed by atoms with van der Waals surface area (Å²) in [5, 5.41) is 0. The average molecular weight is 481 g/mol. The number of halogens is 4. The molecule has 106 valence electrons. The van der Waals surface area contributed by atoms with Gasteiger partial charge >= 0.3 is 0 Å². The Labute approximate surface area is 144 Å². The molecule has 0 aliphatic heterocycles. The summed E-state index contributed by atoms with van der Waals surface area (Å²) in [5.41, 5.74) is 0.472. The minimum atomic E-state index is -1.14. The zero-order valence-electron chi connectivity index (χ0n) is 10.0. The molecule has 1 aromatic heterocycles. The Morgan fingerprint density at radius 1 is 1.05 bits per heavy atom. The maximum Gasteiger partial charge on any atom is 0.197 e. The molecule has 0 amide bonds. The molecule has 0 radical (unpaired) electrons. The molecule has 2 aromatic rings. The molecule has 0 spiro atoms. The molecule has 1 aliphatic carbocycles. The van der Waals surface area contributed by atoms with E-state index in [2.05, 4.69) is 38.5 Å². The first-order valence-electron chi connectivity index (χ1n) is 5.63. The lowest BCUT2D eigenvalue weighted by atomic mass is 10.1. The standard InChI is InChI=1S/C14H4BrF2IO2S/c15-11-2-5(14(18)21-11)1-8-12(19)6-3-9(16)10(17)4-7(6)13(8)20/h1-4H. The molecule has 0 bridgehead atoms. The molecule has 1 aromatic carbocycles. The third-order valence-corrected chi connectivity index (χ3v) is 5.75. The molecule has 0 saturated carbocycles. The maximum atomic E-state index is 13.2. The second-order valence-electron chi connectivity index (χ2n) is 4.31. The van der Waals surface area contributed by atoms with Crippen LogP contribution in [0.2, 0.25) is 0 Å². The van der Waals surface area contributed by atoms with E-state index in [0.29, 0.717) is 0 Å². The summed E-state index contributed by atoms with van der Waals surface area (Å²) in [4.78, 5) is 24.4. The molecule has 0 unspecified atom stereocenters. The third kappa shape index (κ3) is 2.51. The van der Waals surface area contributed by atoms with Crippen molar-refractivity contribution in [1.29, 1.82) is 0 Å². The third-order valence-electron chi connectivity index (χ3n) is 3.02. The fourth-order valence-electron chi connectivity index (χ4n) is 2.05. The summed E-state index contributed by atoms with van der Waals surface area (Å²) in [7, 11) is 0. The van der Waals surface area contributed by atoms with Gasteiger partial charge in [0.1, 0.15) is 0 Å². The molecule has 7 heteroatoms. The molecule has 1 aliphatic rings. The fraction of sp³-hybridized carbons (Fsp3) is 0. The average Bonchev–Trinajstić information content (AvgIpc) is 2.84. The van der Waals surface area contributed by atoms with Gasteiger partial charge in [-0.05, 0) is 62.8 Å². The number of ketones is 2. The van der Waals surface area contributed by atoms with Gasteiger partial charge in [-0.25, -0.2) is 8.78 Å². The summed E-state index contributed by atoms with van der Waals surface area (Å²) >= 11 is 6.88. The van der Waals surface area contributed by atoms with Crippen molar-refractivity contribution in [2.24, 2.45) is 0 Å². The Morgan fingerprint density at radius 3 is 2.00 bits per heavy atom. The SMILES string of the molecule is O=C1C(=Cc2cc(Br)sc2I)C(=O)c2cc(F)c(F)cc21. The highest BCUT2D eigenvalue weighted by atomic mass is 127. The Morgan fingerprint density at radius 2 is 1.57 bits per heavy atom. The van der Waals surface area contributed by atoms with Crippen molar-refractivity contribution in [3.05, 3.63) is 58.8 Å². The first-order valence-corrected chi connectivity index (χ1v) is 8.32. The number of Topliss-reactive ketones (excluding diaryl/α,β-unsaturated/α-hetero) is 2.